The Morgan fingerprint density at radius 1 is 1.17 bits per heavy atom. The van der Waals surface area contributed by atoms with Crippen molar-refractivity contribution in [2.75, 3.05) is 12.4 Å². The Bertz CT molecular complexity index is 572. The van der Waals surface area contributed by atoms with Gasteiger partial charge in [-0.15, -0.1) is 0 Å². The third kappa shape index (κ3) is 2.84. The second-order valence-electron chi connectivity index (χ2n) is 3.83. The van der Waals surface area contributed by atoms with Crippen LogP contribution in [0.2, 0.25) is 0 Å². The van der Waals surface area contributed by atoms with Gasteiger partial charge in [0.1, 0.15) is 16.7 Å². The molecule has 1 aromatic heterocycles. The molecule has 0 spiro atoms. The van der Waals surface area contributed by atoms with Gasteiger partial charge >= 0.3 is 0 Å². The molecule has 2 aromatic rings. The van der Waals surface area contributed by atoms with E-state index in [9.17, 15) is 0 Å². The van der Waals surface area contributed by atoms with Crippen LogP contribution in [0.25, 0.3) is 0 Å². The van der Waals surface area contributed by atoms with Crippen molar-refractivity contribution < 1.29 is 0 Å². The third-order valence-electron chi connectivity index (χ3n) is 2.49. The summed E-state index contributed by atoms with van der Waals surface area (Å²) < 4.78 is 1.08. The van der Waals surface area contributed by atoms with Gasteiger partial charge in [0.25, 0.3) is 0 Å². The lowest BCUT2D eigenvalue weighted by Gasteiger charge is -2.10. The second-order valence-corrected chi connectivity index (χ2v) is 5.72. The molecule has 0 atom stereocenters. The van der Waals surface area contributed by atoms with Gasteiger partial charge in [-0.25, -0.2) is 9.97 Å². The van der Waals surface area contributed by atoms with E-state index in [4.69, 9.17) is 0 Å². The van der Waals surface area contributed by atoms with Gasteiger partial charge in [0, 0.05) is 22.0 Å². The van der Waals surface area contributed by atoms with Crippen LogP contribution in [0.1, 0.15) is 11.4 Å². The van der Waals surface area contributed by atoms with Crippen LogP contribution in [0, 0.1) is 13.8 Å². The molecular weight excluding hydrogens is 310 g/mol. The predicted molar refractivity (Wildman–Crippen MR) is 79.3 cm³/mol. The fourth-order valence-electron chi connectivity index (χ4n) is 1.58. The molecule has 18 heavy (non-hydrogen) atoms. The summed E-state index contributed by atoms with van der Waals surface area (Å²) >= 11 is 5.20. The SMILES string of the molecule is CNc1nc(C)nc(Sc2ccccc2Br)c1C. The fourth-order valence-corrected chi connectivity index (χ4v) is 3.05. The Hall–Kier alpha value is -1.07. The molecule has 94 valence electrons. The maximum absolute atomic E-state index is 4.51. The largest absolute Gasteiger partial charge is 0.373 e. The maximum atomic E-state index is 4.51. The molecule has 3 nitrogen and oxygen atoms in total. The number of hydrogen-bond acceptors (Lipinski definition) is 4. The van der Waals surface area contributed by atoms with Gasteiger partial charge < -0.3 is 5.32 Å². The third-order valence-corrected chi connectivity index (χ3v) is 4.61. The predicted octanol–water partition coefficient (Wildman–Crippen LogP) is 4.05. The van der Waals surface area contributed by atoms with Crippen molar-refractivity contribution in [3.05, 3.63) is 40.1 Å². The minimum atomic E-state index is 0.777. The van der Waals surface area contributed by atoms with Crippen molar-refractivity contribution in [1.82, 2.24) is 9.97 Å². The number of nitrogens with one attached hydrogen (secondary N) is 1. The summed E-state index contributed by atoms with van der Waals surface area (Å²) in [5, 5.41) is 4.09. The lowest BCUT2D eigenvalue weighted by molar-refractivity contribution is 0.940. The van der Waals surface area contributed by atoms with Gasteiger partial charge in [-0.2, -0.15) is 0 Å². The van der Waals surface area contributed by atoms with Gasteiger partial charge in [-0.1, -0.05) is 23.9 Å². The zero-order valence-corrected chi connectivity index (χ0v) is 12.9. The summed E-state index contributed by atoms with van der Waals surface area (Å²) in [6.07, 6.45) is 0. The van der Waals surface area contributed by atoms with Crippen LogP contribution in [0.4, 0.5) is 5.82 Å². The first kappa shape index (κ1) is 13.4. The molecule has 0 aliphatic carbocycles. The molecule has 1 N–H and O–H groups in total. The van der Waals surface area contributed by atoms with Gasteiger partial charge in [0.2, 0.25) is 0 Å². The molecule has 0 aliphatic heterocycles. The van der Waals surface area contributed by atoms with Crippen LogP contribution >= 0.6 is 27.7 Å². The molecule has 1 heterocycles. The minimum Gasteiger partial charge on any atom is -0.373 e. The highest BCUT2D eigenvalue weighted by molar-refractivity contribution is 9.10. The Labute approximate surface area is 120 Å². The van der Waals surface area contributed by atoms with E-state index < -0.39 is 0 Å². The smallest absolute Gasteiger partial charge is 0.133 e. The molecule has 0 radical (unpaired) electrons. The molecule has 0 aliphatic rings. The Kier molecular flexibility index (Phi) is 4.24. The zero-order valence-electron chi connectivity index (χ0n) is 10.5. The molecular formula is C13H14BrN3S. The molecule has 0 saturated carbocycles. The summed E-state index contributed by atoms with van der Waals surface area (Å²) in [4.78, 5) is 10.0. The standard InChI is InChI=1S/C13H14BrN3S/c1-8-12(15-3)16-9(2)17-13(8)18-11-7-5-4-6-10(11)14/h4-7H,1-3H3,(H,15,16,17). The highest BCUT2D eigenvalue weighted by atomic mass is 79.9. The van der Waals surface area contributed by atoms with Crippen molar-refractivity contribution in [3.8, 4) is 0 Å². The number of hydrogen-bond donors (Lipinski definition) is 1. The first-order valence-corrected chi connectivity index (χ1v) is 7.18. The normalized spacial score (nSPS) is 10.4. The molecule has 0 amide bonds. The van der Waals surface area contributed by atoms with Gasteiger partial charge in [0.05, 0.1) is 0 Å². The minimum absolute atomic E-state index is 0.777. The van der Waals surface area contributed by atoms with Crippen LogP contribution < -0.4 is 5.32 Å². The Morgan fingerprint density at radius 2 is 1.89 bits per heavy atom. The highest BCUT2D eigenvalue weighted by Crippen LogP contribution is 2.35. The maximum Gasteiger partial charge on any atom is 0.133 e. The number of aryl methyl sites for hydroxylation is 1. The van der Waals surface area contributed by atoms with Gasteiger partial charge in [-0.05, 0) is 41.9 Å². The Morgan fingerprint density at radius 3 is 2.56 bits per heavy atom. The first-order chi connectivity index (χ1) is 8.61. The molecule has 1 aromatic carbocycles. The molecule has 2 rings (SSSR count). The van der Waals surface area contributed by atoms with Crippen LogP contribution in [0.3, 0.4) is 0 Å². The fraction of sp³-hybridized carbons (Fsp3) is 0.231. The van der Waals surface area contributed by atoms with E-state index >= 15 is 0 Å². The van der Waals surface area contributed by atoms with Crippen LogP contribution in [0.5, 0.6) is 0 Å². The number of halogens is 1. The topological polar surface area (TPSA) is 37.8 Å². The van der Waals surface area contributed by atoms with Gasteiger partial charge in [0.15, 0.2) is 0 Å². The van der Waals surface area contributed by atoms with E-state index in [2.05, 4.69) is 37.3 Å². The quantitative estimate of drug-likeness (QED) is 0.865. The summed E-state index contributed by atoms with van der Waals surface area (Å²) in [5.41, 5.74) is 1.07. The second kappa shape index (κ2) is 5.71. The average Bonchev–Trinajstić information content (AvgIpc) is 2.36. The first-order valence-electron chi connectivity index (χ1n) is 5.57. The lowest BCUT2D eigenvalue weighted by atomic mass is 10.3. The van der Waals surface area contributed by atoms with Crippen LogP contribution in [-0.4, -0.2) is 17.0 Å². The monoisotopic (exact) mass is 323 g/mol. The summed E-state index contributed by atoms with van der Waals surface area (Å²) in [7, 11) is 1.88. The van der Waals surface area contributed by atoms with Gasteiger partial charge in [-0.3, -0.25) is 0 Å². The number of anilines is 1. The number of benzene rings is 1. The summed E-state index contributed by atoms with van der Waals surface area (Å²) in [5.74, 6) is 1.66. The lowest BCUT2D eigenvalue weighted by Crippen LogP contribution is -2.01. The van der Waals surface area contributed by atoms with E-state index in [1.54, 1.807) is 11.8 Å². The van der Waals surface area contributed by atoms with Crippen molar-refractivity contribution >= 4 is 33.5 Å². The summed E-state index contributed by atoms with van der Waals surface area (Å²) in [6.45, 7) is 3.94. The number of aromatic nitrogens is 2. The van der Waals surface area contributed by atoms with E-state index in [1.165, 1.54) is 0 Å². The average molecular weight is 324 g/mol. The molecule has 0 bridgehead atoms. The van der Waals surface area contributed by atoms with Crippen molar-refractivity contribution in [3.63, 3.8) is 0 Å². The van der Waals surface area contributed by atoms with Crippen LogP contribution in [0.15, 0.2) is 38.7 Å². The van der Waals surface area contributed by atoms with E-state index in [0.29, 0.717) is 0 Å². The summed E-state index contributed by atoms with van der Waals surface area (Å²) in [6, 6.07) is 8.14. The van der Waals surface area contributed by atoms with Crippen LogP contribution in [-0.2, 0) is 0 Å². The number of rotatable bonds is 3. The zero-order chi connectivity index (χ0) is 13.1. The Balaban J connectivity index is 2.40. The van der Waals surface area contributed by atoms with Crippen molar-refractivity contribution in [2.24, 2.45) is 0 Å². The van der Waals surface area contributed by atoms with E-state index in [0.717, 1.165) is 31.6 Å². The molecule has 0 saturated heterocycles. The van der Waals surface area contributed by atoms with E-state index in [1.807, 2.05) is 39.1 Å². The molecule has 5 heteroatoms. The van der Waals surface area contributed by atoms with Crippen molar-refractivity contribution in [2.45, 2.75) is 23.8 Å². The highest BCUT2D eigenvalue weighted by Gasteiger charge is 2.10. The molecule has 0 unspecified atom stereocenters. The molecule has 0 fully saturated rings. The number of nitrogens with zero attached hydrogens (tertiary/aromatic N) is 2. The van der Waals surface area contributed by atoms with Crippen molar-refractivity contribution in [1.29, 1.82) is 0 Å². The van der Waals surface area contributed by atoms with E-state index in [-0.39, 0.29) is 0 Å².